The summed E-state index contributed by atoms with van der Waals surface area (Å²) in [4.78, 5) is 24.8. The zero-order valence-electron chi connectivity index (χ0n) is 12.9. The van der Waals surface area contributed by atoms with E-state index in [4.69, 9.17) is 4.74 Å². The van der Waals surface area contributed by atoms with E-state index in [1.165, 1.54) is 36.9 Å². The molecule has 0 aliphatic carbocycles. The molecule has 7 heteroatoms. The van der Waals surface area contributed by atoms with Crippen LogP contribution in [0.25, 0.3) is 0 Å². The molecular weight excluding hydrogens is 311 g/mol. The van der Waals surface area contributed by atoms with Gasteiger partial charge in [0.25, 0.3) is 0 Å². The largest absolute Gasteiger partial charge is 0.447 e. The van der Waals surface area contributed by atoms with Crippen LogP contribution < -0.4 is 0 Å². The van der Waals surface area contributed by atoms with Crippen molar-refractivity contribution >= 4 is 11.9 Å². The van der Waals surface area contributed by atoms with Crippen LogP contribution in [0.1, 0.15) is 30.6 Å². The van der Waals surface area contributed by atoms with Crippen molar-refractivity contribution in [2.45, 2.75) is 32.5 Å². The molecular formula is C16H18F3NO3. The number of halogens is 3. The number of carbonyl (C=O) groups excluding carboxylic acids is 2. The Morgan fingerprint density at radius 3 is 2.48 bits per heavy atom. The first kappa shape index (κ1) is 17.3. The number of nitrogens with zero attached hydrogens (tertiary/aromatic N) is 1. The lowest BCUT2D eigenvalue weighted by Crippen LogP contribution is -2.32. The maximum absolute atomic E-state index is 13.3. The van der Waals surface area contributed by atoms with E-state index in [0.717, 1.165) is 0 Å². The first-order chi connectivity index (χ1) is 10.7. The van der Waals surface area contributed by atoms with E-state index in [-0.39, 0.29) is 18.0 Å². The van der Waals surface area contributed by atoms with Gasteiger partial charge in [0, 0.05) is 25.6 Å². The van der Waals surface area contributed by atoms with E-state index >= 15 is 0 Å². The number of ether oxygens (including phenoxy) is 1. The molecule has 1 heterocycles. The molecule has 0 bridgehead atoms. The average molecular weight is 329 g/mol. The Morgan fingerprint density at radius 1 is 1.30 bits per heavy atom. The van der Waals surface area contributed by atoms with Gasteiger partial charge in [0.15, 0.2) is 0 Å². The summed E-state index contributed by atoms with van der Waals surface area (Å²) in [6.45, 7) is 3.36. The molecule has 1 aliphatic heterocycles. The molecule has 0 spiro atoms. The molecule has 23 heavy (non-hydrogen) atoms. The zero-order valence-corrected chi connectivity index (χ0v) is 12.9. The molecule has 4 nitrogen and oxygen atoms in total. The third-order valence-electron chi connectivity index (χ3n) is 3.97. The maximum Gasteiger partial charge on any atom is 0.429 e. The Kier molecular flexibility index (Phi) is 4.97. The highest BCUT2D eigenvalue weighted by Gasteiger charge is 2.46. The number of aryl methyl sites for hydroxylation is 1. The highest BCUT2D eigenvalue weighted by Crippen LogP contribution is 2.38. The summed E-state index contributed by atoms with van der Waals surface area (Å²) >= 11 is 0. The van der Waals surface area contributed by atoms with Crippen LogP contribution >= 0.6 is 0 Å². The van der Waals surface area contributed by atoms with E-state index in [9.17, 15) is 22.8 Å². The summed E-state index contributed by atoms with van der Waals surface area (Å²) in [7, 11) is 0. The van der Waals surface area contributed by atoms with Crippen molar-refractivity contribution in [3.8, 4) is 0 Å². The normalized spacial score (nSPS) is 19.5. The monoisotopic (exact) mass is 329 g/mol. The van der Waals surface area contributed by atoms with Gasteiger partial charge in [0.1, 0.15) is 0 Å². The predicted molar refractivity (Wildman–Crippen MR) is 76.4 cm³/mol. The van der Waals surface area contributed by atoms with Crippen LogP contribution in [0.4, 0.5) is 13.2 Å². The summed E-state index contributed by atoms with van der Waals surface area (Å²) in [5.74, 6) is -1.83. The highest BCUT2D eigenvalue weighted by atomic mass is 19.4. The third kappa shape index (κ3) is 4.03. The molecule has 1 aromatic rings. The fraction of sp³-hybridized carbons (Fsp3) is 0.500. The molecule has 1 fully saturated rings. The lowest BCUT2D eigenvalue weighted by molar-refractivity contribution is -0.226. The van der Waals surface area contributed by atoms with Crippen molar-refractivity contribution in [1.29, 1.82) is 0 Å². The first-order valence-electron chi connectivity index (χ1n) is 7.28. The molecule has 0 radical (unpaired) electrons. The first-order valence-corrected chi connectivity index (χ1v) is 7.28. The number of rotatable bonds is 3. The van der Waals surface area contributed by atoms with Crippen LogP contribution in [-0.2, 0) is 14.3 Å². The molecule has 0 unspecified atom stereocenters. The van der Waals surface area contributed by atoms with Gasteiger partial charge in [-0.1, -0.05) is 24.3 Å². The molecule has 126 valence electrons. The maximum atomic E-state index is 13.3. The van der Waals surface area contributed by atoms with Crippen LogP contribution in [-0.4, -0.2) is 36.0 Å². The van der Waals surface area contributed by atoms with Gasteiger partial charge in [-0.15, -0.1) is 0 Å². The number of amides is 1. The second kappa shape index (κ2) is 6.60. The molecule has 0 N–H and O–H groups in total. The van der Waals surface area contributed by atoms with Crippen molar-refractivity contribution in [2.24, 2.45) is 5.92 Å². The van der Waals surface area contributed by atoms with Gasteiger partial charge in [0.05, 0.1) is 5.92 Å². The predicted octanol–water partition coefficient (Wildman–Crippen LogP) is 3.01. The lowest BCUT2D eigenvalue weighted by atomic mass is 10.0. The zero-order chi connectivity index (χ0) is 17.2. The molecule has 0 aromatic heterocycles. The van der Waals surface area contributed by atoms with Gasteiger partial charge in [-0.05, 0) is 18.9 Å². The van der Waals surface area contributed by atoms with Crippen LogP contribution in [0.2, 0.25) is 0 Å². The van der Waals surface area contributed by atoms with E-state index in [1.807, 2.05) is 0 Å². The fourth-order valence-corrected chi connectivity index (χ4v) is 2.64. The number of benzene rings is 1. The fourth-order valence-electron chi connectivity index (χ4n) is 2.64. The Bertz CT molecular complexity index is 600. The van der Waals surface area contributed by atoms with Crippen molar-refractivity contribution in [1.82, 2.24) is 4.90 Å². The number of hydrogen-bond acceptors (Lipinski definition) is 3. The molecule has 2 atom stereocenters. The van der Waals surface area contributed by atoms with Crippen LogP contribution in [0, 0.1) is 12.8 Å². The van der Waals surface area contributed by atoms with Gasteiger partial charge >= 0.3 is 12.1 Å². The van der Waals surface area contributed by atoms with Gasteiger partial charge < -0.3 is 9.64 Å². The molecule has 1 aromatic carbocycles. The Labute approximate surface area is 132 Å². The van der Waals surface area contributed by atoms with Gasteiger partial charge in [-0.25, -0.2) is 0 Å². The SMILES string of the molecule is CC(=O)N1CC[C@@H](C(=O)O[C@@H](c2ccccc2C)C(F)(F)F)C1. The Morgan fingerprint density at radius 2 is 1.96 bits per heavy atom. The summed E-state index contributed by atoms with van der Waals surface area (Å²) in [5.41, 5.74) is 0.328. The van der Waals surface area contributed by atoms with Crippen LogP contribution in [0.5, 0.6) is 0 Å². The number of hydrogen-bond donors (Lipinski definition) is 0. The quantitative estimate of drug-likeness (QED) is 0.801. The topological polar surface area (TPSA) is 46.6 Å². The summed E-state index contributed by atoms with van der Waals surface area (Å²) < 4.78 is 44.7. The van der Waals surface area contributed by atoms with E-state index in [1.54, 1.807) is 6.07 Å². The minimum Gasteiger partial charge on any atom is -0.447 e. The average Bonchev–Trinajstić information content (AvgIpc) is 2.94. The van der Waals surface area contributed by atoms with Crippen molar-refractivity contribution < 1.29 is 27.5 Å². The van der Waals surface area contributed by atoms with Gasteiger partial charge in [-0.2, -0.15) is 13.2 Å². The van der Waals surface area contributed by atoms with Crippen LogP contribution in [0.3, 0.4) is 0 Å². The number of likely N-dealkylation sites (tertiary alicyclic amines) is 1. The van der Waals surface area contributed by atoms with E-state index in [0.29, 0.717) is 18.5 Å². The smallest absolute Gasteiger partial charge is 0.429 e. The van der Waals surface area contributed by atoms with E-state index < -0.39 is 24.2 Å². The number of esters is 1. The standard InChI is InChI=1S/C16H18F3NO3/c1-10-5-3-4-6-13(10)14(16(17,18)19)23-15(22)12-7-8-20(9-12)11(2)21/h3-6,12,14H,7-9H2,1-2H3/t12-,14+/m1/s1. The lowest BCUT2D eigenvalue weighted by Gasteiger charge is -2.24. The molecule has 0 saturated carbocycles. The summed E-state index contributed by atoms with van der Waals surface area (Å²) in [6.07, 6.45) is -6.67. The molecule has 2 rings (SSSR count). The molecule has 1 aliphatic rings. The molecule has 1 saturated heterocycles. The third-order valence-corrected chi connectivity index (χ3v) is 3.97. The van der Waals surface area contributed by atoms with E-state index in [2.05, 4.69) is 0 Å². The van der Waals surface area contributed by atoms with Gasteiger partial charge in [0.2, 0.25) is 12.0 Å². The molecule has 1 amide bonds. The number of carbonyl (C=O) groups is 2. The Hall–Kier alpha value is -2.05. The number of alkyl halides is 3. The van der Waals surface area contributed by atoms with Crippen molar-refractivity contribution in [3.63, 3.8) is 0 Å². The van der Waals surface area contributed by atoms with Crippen molar-refractivity contribution in [3.05, 3.63) is 35.4 Å². The van der Waals surface area contributed by atoms with Crippen LogP contribution in [0.15, 0.2) is 24.3 Å². The summed E-state index contributed by atoms with van der Waals surface area (Å²) in [5, 5.41) is 0. The minimum absolute atomic E-state index is 0.0743. The second-order valence-electron chi connectivity index (χ2n) is 5.67. The second-order valence-corrected chi connectivity index (χ2v) is 5.67. The Balaban J connectivity index is 2.15. The highest BCUT2D eigenvalue weighted by molar-refractivity contribution is 5.77. The summed E-state index contributed by atoms with van der Waals surface area (Å²) in [6, 6.07) is 5.93. The van der Waals surface area contributed by atoms with Gasteiger partial charge in [-0.3, -0.25) is 9.59 Å². The van der Waals surface area contributed by atoms with Crippen molar-refractivity contribution in [2.75, 3.05) is 13.1 Å². The minimum atomic E-state index is -4.69.